The first kappa shape index (κ1) is 20.9. The molecule has 2 aromatic carbocycles. The molecule has 1 heterocycles. The maximum Gasteiger partial charge on any atom is 0.187 e. The van der Waals surface area contributed by atoms with Crippen LogP contribution in [0.15, 0.2) is 50.2 Å². The SMILES string of the molecule is CCN(CC)C[C@]1(Sc2ccc(C)cc2)COc2c(Br)cc(Br)cc2C1=O. The molecule has 0 bridgehead atoms. The van der Waals surface area contributed by atoms with E-state index < -0.39 is 4.75 Å². The van der Waals surface area contributed by atoms with Gasteiger partial charge in [-0.1, -0.05) is 47.5 Å². The van der Waals surface area contributed by atoms with E-state index in [1.807, 2.05) is 12.1 Å². The number of halogens is 2. The van der Waals surface area contributed by atoms with E-state index in [0.717, 1.165) is 26.9 Å². The molecule has 0 saturated heterocycles. The highest BCUT2D eigenvalue weighted by molar-refractivity contribution is 9.11. The lowest BCUT2D eigenvalue weighted by atomic mass is 9.93. The summed E-state index contributed by atoms with van der Waals surface area (Å²) in [6.07, 6.45) is 0. The molecule has 0 fully saturated rings. The Morgan fingerprint density at radius 2 is 1.81 bits per heavy atom. The molecule has 0 aliphatic carbocycles. The normalized spacial score (nSPS) is 19.1. The molecule has 144 valence electrons. The average Bonchev–Trinajstić information content (AvgIpc) is 2.65. The third-order valence-electron chi connectivity index (χ3n) is 4.82. The maximum atomic E-state index is 13.7. The summed E-state index contributed by atoms with van der Waals surface area (Å²) in [6.45, 7) is 9.13. The van der Waals surface area contributed by atoms with Gasteiger partial charge < -0.3 is 9.64 Å². The van der Waals surface area contributed by atoms with Gasteiger partial charge in [-0.2, -0.15) is 0 Å². The van der Waals surface area contributed by atoms with Crippen molar-refractivity contribution >= 4 is 49.4 Å². The number of hydrogen-bond donors (Lipinski definition) is 0. The molecule has 0 spiro atoms. The van der Waals surface area contributed by atoms with Crippen molar-refractivity contribution in [2.75, 3.05) is 26.2 Å². The predicted octanol–water partition coefficient (Wildman–Crippen LogP) is 5.97. The van der Waals surface area contributed by atoms with E-state index in [1.54, 1.807) is 11.8 Å². The smallest absolute Gasteiger partial charge is 0.187 e. The number of nitrogens with zero attached hydrogens (tertiary/aromatic N) is 1. The lowest BCUT2D eigenvalue weighted by molar-refractivity contribution is 0.0824. The van der Waals surface area contributed by atoms with E-state index in [-0.39, 0.29) is 5.78 Å². The zero-order chi connectivity index (χ0) is 19.6. The molecule has 0 saturated carbocycles. The van der Waals surface area contributed by atoms with E-state index in [2.05, 4.69) is 81.8 Å². The lowest BCUT2D eigenvalue weighted by Crippen LogP contribution is -2.52. The van der Waals surface area contributed by atoms with Crippen molar-refractivity contribution in [1.82, 2.24) is 4.90 Å². The predicted molar refractivity (Wildman–Crippen MR) is 119 cm³/mol. The minimum Gasteiger partial charge on any atom is -0.490 e. The number of ketones is 1. The number of carbonyl (C=O) groups excluding carboxylic acids is 1. The summed E-state index contributed by atoms with van der Waals surface area (Å²) in [5.74, 6) is 0.770. The standard InChI is InChI=1S/C21H23Br2NO2S/c1-4-24(5-2)12-21(27-16-8-6-14(3)7-9-16)13-26-19-17(20(21)25)10-15(22)11-18(19)23/h6-11H,4-5,12-13H2,1-3H3/t21-/m0/s1. The first-order chi connectivity index (χ1) is 12.9. The van der Waals surface area contributed by atoms with Crippen molar-refractivity contribution in [2.24, 2.45) is 0 Å². The highest BCUT2D eigenvalue weighted by Gasteiger charge is 2.46. The fourth-order valence-electron chi connectivity index (χ4n) is 3.24. The van der Waals surface area contributed by atoms with Gasteiger partial charge in [0.05, 0.1) is 10.0 Å². The Balaban J connectivity index is 2.04. The van der Waals surface area contributed by atoms with E-state index in [9.17, 15) is 4.79 Å². The van der Waals surface area contributed by atoms with Crippen molar-refractivity contribution in [3.63, 3.8) is 0 Å². The minimum absolute atomic E-state index is 0.128. The molecule has 6 heteroatoms. The molecule has 3 rings (SSSR count). The van der Waals surface area contributed by atoms with Crippen LogP contribution in [0.1, 0.15) is 29.8 Å². The van der Waals surface area contributed by atoms with Gasteiger partial charge in [-0.3, -0.25) is 4.79 Å². The summed E-state index contributed by atoms with van der Waals surface area (Å²) in [6, 6.07) is 12.1. The number of aryl methyl sites for hydroxylation is 1. The number of fused-ring (bicyclic) bond motifs is 1. The van der Waals surface area contributed by atoms with Crippen LogP contribution in [0, 0.1) is 6.92 Å². The lowest BCUT2D eigenvalue weighted by Gasteiger charge is -2.39. The Hall–Kier alpha value is -0.820. The van der Waals surface area contributed by atoms with Crippen LogP contribution in [0.4, 0.5) is 0 Å². The van der Waals surface area contributed by atoms with Crippen LogP contribution >= 0.6 is 43.6 Å². The molecular formula is C21H23Br2NO2S. The number of benzene rings is 2. The molecule has 2 aromatic rings. The highest BCUT2D eigenvalue weighted by Crippen LogP contribution is 2.45. The summed E-state index contributed by atoms with van der Waals surface area (Å²) < 4.78 is 7.14. The Morgan fingerprint density at radius 3 is 2.44 bits per heavy atom. The second-order valence-corrected chi connectivity index (χ2v) is 9.98. The zero-order valence-corrected chi connectivity index (χ0v) is 19.7. The van der Waals surface area contributed by atoms with Gasteiger partial charge in [-0.05, 0) is 60.2 Å². The molecule has 0 unspecified atom stereocenters. The molecule has 3 nitrogen and oxygen atoms in total. The summed E-state index contributed by atoms with van der Waals surface area (Å²) in [7, 11) is 0. The fourth-order valence-corrected chi connectivity index (χ4v) is 5.87. The largest absolute Gasteiger partial charge is 0.490 e. The average molecular weight is 513 g/mol. The summed E-state index contributed by atoms with van der Waals surface area (Å²) >= 11 is 8.65. The third kappa shape index (κ3) is 4.44. The fraction of sp³-hybridized carbons (Fsp3) is 0.381. The van der Waals surface area contributed by atoms with Crippen molar-refractivity contribution < 1.29 is 9.53 Å². The van der Waals surface area contributed by atoms with Crippen molar-refractivity contribution in [2.45, 2.75) is 30.4 Å². The van der Waals surface area contributed by atoms with E-state index >= 15 is 0 Å². The van der Waals surface area contributed by atoms with Crippen LogP contribution in [0.3, 0.4) is 0 Å². The van der Waals surface area contributed by atoms with Crippen LogP contribution in [0.25, 0.3) is 0 Å². The van der Waals surface area contributed by atoms with Gasteiger partial charge in [-0.25, -0.2) is 0 Å². The molecule has 27 heavy (non-hydrogen) atoms. The number of hydrogen-bond acceptors (Lipinski definition) is 4. The first-order valence-electron chi connectivity index (χ1n) is 9.03. The number of ether oxygens (including phenoxy) is 1. The second kappa shape index (κ2) is 8.68. The van der Waals surface area contributed by atoms with Crippen LogP contribution < -0.4 is 4.74 Å². The van der Waals surface area contributed by atoms with E-state index in [0.29, 0.717) is 24.5 Å². The summed E-state index contributed by atoms with van der Waals surface area (Å²) in [4.78, 5) is 17.1. The number of Topliss-reactive ketones (excluding diaryl/α,β-unsaturated/α-hetero) is 1. The van der Waals surface area contributed by atoms with Gasteiger partial charge in [0.1, 0.15) is 17.1 Å². The van der Waals surface area contributed by atoms with Crippen molar-refractivity contribution in [1.29, 1.82) is 0 Å². The highest BCUT2D eigenvalue weighted by atomic mass is 79.9. The van der Waals surface area contributed by atoms with E-state index in [4.69, 9.17) is 4.74 Å². The molecule has 0 aromatic heterocycles. The molecule has 1 atom stereocenters. The molecule has 1 aliphatic rings. The van der Waals surface area contributed by atoms with Gasteiger partial charge in [-0.15, -0.1) is 11.8 Å². The Labute approximate surface area is 182 Å². The second-order valence-electron chi connectivity index (χ2n) is 6.75. The van der Waals surface area contributed by atoms with Crippen molar-refractivity contribution in [3.05, 3.63) is 56.5 Å². The maximum absolute atomic E-state index is 13.7. The number of thioether (sulfide) groups is 1. The van der Waals surface area contributed by atoms with Crippen LogP contribution in [-0.2, 0) is 0 Å². The molecule has 0 amide bonds. The van der Waals surface area contributed by atoms with Crippen LogP contribution in [0.2, 0.25) is 0 Å². The number of carbonyl (C=O) groups is 1. The molecule has 0 N–H and O–H groups in total. The monoisotopic (exact) mass is 511 g/mol. The Kier molecular flexibility index (Phi) is 6.72. The topological polar surface area (TPSA) is 29.5 Å². The third-order valence-corrected chi connectivity index (χ3v) is 7.20. The van der Waals surface area contributed by atoms with Crippen LogP contribution in [0.5, 0.6) is 5.75 Å². The first-order valence-corrected chi connectivity index (χ1v) is 11.4. The molecule has 0 radical (unpaired) electrons. The zero-order valence-electron chi connectivity index (χ0n) is 15.7. The van der Waals surface area contributed by atoms with Crippen molar-refractivity contribution in [3.8, 4) is 5.75 Å². The summed E-state index contributed by atoms with van der Waals surface area (Å²) in [5, 5.41) is 0. The van der Waals surface area contributed by atoms with Gasteiger partial charge in [0, 0.05) is 15.9 Å². The minimum atomic E-state index is -0.672. The van der Waals surface area contributed by atoms with E-state index in [1.165, 1.54) is 5.56 Å². The molecule has 1 aliphatic heterocycles. The van der Waals surface area contributed by atoms with Gasteiger partial charge in [0.2, 0.25) is 0 Å². The molecular weight excluding hydrogens is 490 g/mol. The Bertz CT molecular complexity index is 837. The van der Waals surface area contributed by atoms with Crippen LogP contribution in [-0.4, -0.2) is 41.7 Å². The van der Waals surface area contributed by atoms with Gasteiger partial charge in [0.25, 0.3) is 0 Å². The summed E-state index contributed by atoms with van der Waals surface area (Å²) in [5.41, 5.74) is 1.84. The quantitative estimate of drug-likeness (QED) is 0.477. The van der Waals surface area contributed by atoms with Gasteiger partial charge >= 0.3 is 0 Å². The van der Waals surface area contributed by atoms with Gasteiger partial charge in [0.15, 0.2) is 5.78 Å². The number of rotatable bonds is 6. The Morgan fingerprint density at radius 1 is 1.15 bits per heavy atom.